The molecule has 2 aromatic carbocycles. The summed E-state index contributed by atoms with van der Waals surface area (Å²) in [6, 6.07) is 12.4. The first-order chi connectivity index (χ1) is 16.9. The number of hydrogen-bond donors (Lipinski definition) is 1. The van der Waals surface area contributed by atoms with Gasteiger partial charge in [0.2, 0.25) is 0 Å². The number of ether oxygens (including phenoxy) is 3. The number of benzene rings is 2. The lowest BCUT2D eigenvalue weighted by Crippen LogP contribution is -2.41. The lowest BCUT2D eigenvalue weighted by Gasteiger charge is -2.36. The molecule has 0 aromatic heterocycles. The van der Waals surface area contributed by atoms with Crippen LogP contribution in [0.5, 0.6) is 5.75 Å². The smallest absolute Gasteiger partial charge is 0.466 e. The molecule has 1 aliphatic rings. The first-order valence-electron chi connectivity index (χ1n) is 10.2. The molecule has 0 amide bonds. The number of hydrogen-bond acceptors (Lipinski definition) is 8. The fourth-order valence-electron chi connectivity index (χ4n) is 3.85. The van der Waals surface area contributed by atoms with Crippen LogP contribution in [0.25, 0.3) is 0 Å². The second kappa shape index (κ2) is 10.2. The van der Waals surface area contributed by atoms with Gasteiger partial charge in [0.15, 0.2) is 0 Å². The Bertz CT molecular complexity index is 1320. The van der Waals surface area contributed by atoms with E-state index in [2.05, 4.69) is 4.74 Å². The Labute approximate surface area is 208 Å². The standard InChI is InChI=1S/C24H19ClF3N3O5/c1-12-9-17(36-24(26,27)28)15(25)10-16(12)31-20(23(33)35-3)19(22(32)34-2)18(14(11-29)21(31)30)13-7-5-4-6-8-13/h4-10,18H,30H2,1-3H3. The minimum absolute atomic E-state index is 0.00749. The lowest BCUT2D eigenvalue weighted by molar-refractivity contribution is -0.274. The second-order valence-corrected chi connectivity index (χ2v) is 7.86. The van der Waals surface area contributed by atoms with Crippen molar-refractivity contribution in [3.8, 4) is 11.8 Å². The normalized spacial score (nSPS) is 15.9. The van der Waals surface area contributed by atoms with E-state index in [1.807, 2.05) is 6.07 Å². The van der Waals surface area contributed by atoms with E-state index in [1.54, 1.807) is 30.3 Å². The number of nitriles is 1. The Kier molecular flexibility index (Phi) is 7.50. The molecule has 12 heteroatoms. The molecule has 8 nitrogen and oxygen atoms in total. The number of allylic oxidation sites excluding steroid dienone is 1. The number of halogens is 4. The summed E-state index contributed by atoms with van der Waals surface area (Å²) < 4.78 is 52.2. The van der Waals surface area contributed by atoms with Crippen LogP contribution >= 0.6 is 11.6 Å². The van der Waals surface area contributed by atoms with E-state index < -0.39 is 40.7 Å². The van der Waals surface area contributed by atoms with Crippen molar-refractivity contribution >= 4 is 29.2 Å². The average molecular weight is 522 g/mol. The summed E-state index contributed by atoms with van der Waals surface area (Å²) in [5.41, 5.74) is 6.21. The van der Waals surface area contributed by atoms with Gasteiger partial charge in [0.25, 0.3) is 0 Å². The third kappa shape index (κ3) is 4.94. The van der Waals surface area contributed by atoms with Gasteiger partial charge in [0, 0.05) is 0 Å². The van der Waals surface area contributed by atoms with Gasteiger partial charge in [-0.25, -0.2) is 9.59 Å². The highest BCUT2D eigenvalue weighted by molar-refractivity contribution is 6.32. The van der Waals surface area contributed by atoms with E-state index in [0.717, 1.165) is 31.3 Å². The van der Waals surface area contributed by atoms with Crippen molar-refractivity contribution in [2.45, 2.75) is 19.2 Å². The predicted molar refractivity (Wildman–Crippen MR) is 122 cm³/mol. The summed E-state index contributed by atoms with van der Waals surface area (Å²) in [5.74, 6) is -4.01. The third-order valence-electron chi connectivity index (χ3n) is 5.33. The highest BCUT2D eigenvalue weighted by atomic mass is 35.5. The zero-order valence-corrected chi connectivity index (χ0v) is 19.9. The third-order valence-corrected chi connectivity index (χ3v) is 5.62. The summed E-state index contributed by atoms with van der Waals surface area (Å²) >= 11 is 6.06. The highest BCUT2D eigenvalue weighted by Crippen LogP contribution is 2.45. The second-order valence-electron chi connectivity index (χ2n) is 7.45. The number of carbonyl (C=O) groups is 2. The lowest BCUT2D eigenvalue weighted by atomic mass is 9.80. The molecule has 188 valence electrons. The number of anilines is 1. The van der Waals surface area contributed by atoms with E-state index in [1.165, 1.54) is 6.92 Å². The van der Waals surface area contributed by atoms with Crippen molar-refractivity contribution in [3.63, 3.8) is 0 Å². The van der Waals surface area contributed by atoms with E-state index in [9.17, 15) is 28.0 Å². The van der Waals surface area contributed by atoms with Crippen LogP contribution in [0.1, 0.15) is 17.0 Å². The van der Waals surface area contributed by atoms with Crippen LogP contribution in [-0.4, -0.2) is 32.5 Å². The Balaban J connectivity index is 2.38. The van der Waals surface area contributed by atoms with E-state index in [4.69, 9.17) is 26.8 Å². The van der Waals surface area contributed by atoms with Crippen LogP contribution in [-0.2, 0) is 19.1 Å². The summed E-state index contributed by atoms with van der Waals surface area (Å²) in [7, 11) is 2.16. The van der Waals surface area contributed by atoms with Crippen LogP contribution in [0.15, 0.2) is 65.1 Å². The summed E-state index contributed by atoms with van der Waals surface area (Å²) in [4.78, 5) is 27.1. The highest BCUT2D eigenvalue weighted by Gasteiger charge is 2.43. The Morgan fingerprint density at radius 1 is 1.11 bits per heavy atom. The van der Waals surface area contributed by atoms with Gasteiger partial charge in [-0.3, -0.25) is 4.90 Å². The van der Waals surface area contributed by atoms with Crippen molar-refractivity contribution < 1.29 is 37.0 Å². The van der Waals surface area contributed by atoms with Gasteiger partial charge in [-0.05, 0) is 30.2 Å². The molecule has 0 radical (unpaired) electrons. The molecule has 0 spiro atoms. The summed E-state index contributed by atoms with van der Waals surface area (Å²) in [6.07, 6.45) is -5.01. The van der Waals surface area contributed by atoms with Crippen molar-refractivity contribution in [1.29, 1.82) is 5.26 Å². The molecule has 1 atom stereocenters. The number of nitrogens with two attached hydrogens (primary N) is 1. The largest absolute Gasteiger partial charge is 0.573 e. The van der Waals surface area contributed by atoms with Crippen LogP contribution in [0, 0.1) is 18.3 Å². The fourth-order valence-corrected chi connectivity index (χ4v) is 4.05. The van der Waals surface area contributed by atoms with Gasteiger partial charge in [-0.15, -0.1) is 13.2 Å². The molecular formula is C24H19ClF3N3O5. The van der Waals surface area contributed by atoms with Crippen LogP contribution in [0.3, 0.4) is 0 Å². The fraction of sp³-hybridized carbons (Fsp3) is 0.208. The van der Waals surface area contributed by atoms with Gasteiger partial charge in [0.05, 0.1) is 48.1 Å². The minimum Gasteiger partial charge on any atom is -0.466 e. The molecule has 3 rings (SSSR count). The molecule has 2 N–H and O–H groups in total. The SMILES string of the molecule is COC(=O)C1=C(C(=O)OC)N(c2cc(Cl)c(OC(F)(F)F)cc2C)C(N)=C(C#N)C1c1ccccc1. The summed E-state index contributed by atoms with van der Waals surface area (Å²) in [6.45, 7) is 1.41. The predicted octanol–water partition coefficient (Wildman–Crippen LogP) is 4.44. The van der Waals surface area contributed by atoms with Crippen molar-refractivity contribution in [1.82, 2.24) is 0 Å². The molecule has 0 saturated heterocycles. The topological polar surface area (TPSA) is 115 Å². The number of esters is 2. The number of nitrogens with zero attached hydrogens (tertiary/aromatic N) is 2. The van der Waals surface area contributed by atoms with Crippen molar-refractivity contribution in [2.24, 2.45) is 5.73 Å². The molecule has 0 fully saturated rings. The van der Waals surface area contributed by atoms with Gasteiger partial charge < -0.3 is 19.9 Å². The maximum absolute atomic E-state index is 13.1. The number of methoxy groups -OCH3 is 2. The molecule has 2 aromatic rings. The Morgan fingerprint density at radius 3 is 2.25 bits per heavy atom. The Hall–Kier alpha value is -4.17. The zero-order chi connectivity index (χ0) is 26.8. The van der Waals surface area contributed by atoms with E-state index in [0.29, 0.717) is 5.56 Å². The summed E-state index contributed by atoms with van der Waals surface area (Å²) in [5, 5.41) is 9.57. The number of rotatable bonds is 5. The van der Waals surface area contributed by atoms with Crippen LogP contribution < -0.4 is 15.4 Å². The molecule has 36 heavy (non-hydrogen) atoms. The molecule has 0 bridgehead atoms. The van der Waals surface area contributed by atoms with E-state index >= 15 is 0 Å². The van der Waals surface area contributed by atoms with Gasteiger partial charge >= 0.3 is 18.3 Å². The van der Waals surface area contributed by atoms with Crippen LogP contribution in [0.2, 0.25) is 5.02 Å². The van der Waals surface area contributed by atoms with Crippen molar-refractivity contribution in [2.75, 3.05) is 19.1 Å². The average Bonchev–Trinajstić information content (AvgIpc) is 2.84. The number of alkyl halides is 3. The van der Waals surface area contributed by atoms with E-state index in [-0.39, 0.29) is 28.2 Å². The van der Waals surface area contributed by atoms with Crippen molar-refractivity contribution in [3.05, 3.63) is 81.3 Å². The number of aryl methyl sites for hydroxylation is 1. The number of carbonyl (C=O) groups excluding carboxylic acids is 2. The molecule has 1 heterocycles. The molecule has 0 aliphatic carbocycles. The van der Waals surface area contributed by atoms with Crippen LogP contribution in [0.4, 0.5) is 18.9 Å². The maximum atomic E-state index is 13.1. The first-order valence-corrected chi connectivity index (χ1v) is 10.5. The minimum atomic E-state index is -5.01. The quantitative estimate of drug-likeness (QED) is 0.574. The van der Waals surface area contributed by atoms with Gasteiger partial charge in [-0.2, -0.15) is 5.26 Å². The van der Waals surface area contributed by atoms with Gasteiger partial charge in [0.1, 0.15) is 17.3 Å². The Morgan fingerprint density at radius 2 is 1.72 bits per heavy atom. The monoisotopic (exact) mass is 521 g/mol. The molecular weight excluding hydrogens is 503 g/mol. The molecule has 1 aliphatic heterocycles. The molecule has 0 saturated carbocycles. The van der Waals surface area contributed by atoms with Gasteiger partial charge in [-0.1, -0.05) is 41.9 Å². The maximum Gasteiger partial charge on any atom is 0.573 e. The first kappa shape index (κ1) is 26.4. The molecule has 1 unspecified atom stereocenters. The zero-order valence-electron chi connectivity index (χ0n) is 19.1.